The van der Waals surface area contributed by atoms with E-state index >= 15 is 0 Å². The fourth-order valence-corrected chi connectivity index (χ4v) is 2.52. The van der Waals surface area contributed by atoms with Gasteiger partial charge < -0.3 is 10.4 Å². The quantitative estimate of drug-likeness (QED) is 0.832. The van der Waals surface area contributed by atoms with Gasteiger partial charge in [0.1, 0.15) is 0 Å². The number of hydrogen-bond donors (Lipinski definition) is 2. The number of carbonyl (C=O) groups excluding carboxylic acids is 1. The van der Waals surface area contributed by atoms with Crippen molar-refractivity contribution < 1.29 is 9.90 Å². The van der Waals surface area contributed by atoms with Crippen molar-refractivity contribution in [2.45, 2.75) is 46.1 Å². The van der Waals surface area contributed by atoms with Crippen LogP contribution in [0.15, 0.2) is 28.7 Å². The van der Waals surface area contributed by atoms with Crippen LogP contribution in [0, 0.1) is 5.41 Å². The maximum atomic E-state index is 12.2. The van der Waals surface area contributed by atoms with Crippen LogP contribution in [0.25, 0.3) is 0 Å². The first kappa shape index (κ1) is 17.2. The first-order chi connectivity index (χ1) is 9.21. The zero-order chi connectivity index (χ0) is 15.3. The standard InChI is InChI=1S/C16H24BrNO2/c1-11(19)9-16(3,4)10-18-15(20)12(2)13-5-7-14(17)8-6-13/h5-8,11-12,19H,9-10H2,1-4H3,(H,18,20). The molecule has 0 aliphatic rings. The monoisotopic (exact) mass is 341 g/mol. The molecule has 0 saturated heterocycles. The molecule has 2 unspecified atom stereocenters. The predicted molar refractivity (Wildman–Crippen MR) is 85.6 cm³/mol. The molecule has 0 aliphatic carbocycles. The van der Waals surface area contributed by atoms with Crippen LogP contribution < -0.4 is 5.32 Å². The van der Waals surface area contributed by atoms with Gasteiger partial charge in [-0.25, -0.2) is 0 Å². The molecule has 0 saturated carbocycles. The summed E-state index contributed by atoms with van der Waals surface area (Å²) in [6.45, 7) is 8.33. The number of rotatable bonds is 6. The molecule has 0 bridgehead atoms. The van der Waals surface area contributed by atoms with E-state index in [2.05, 4.69) is 21.2 Å². The summed E-state index contributed by atoms with van der Waals surface area (Å²) in [7, 11) is 0. The molecule has 0 radical (unpaired) electrons. The molecule has 2 atom stereocenters. The second kappa shape index (κ2) is 7.23. The number of amides is 1. The second-order valence-electron chi connectivity index (χ2n) is 6.21. The number of benzene rings is 1. The average Bonchev–Trinajstić information content (AvgIpc) is 2.34. The van der Waals surface area contributed by atoms with Gasteiger partial charge >= 0.3 is 0 Å². The Morgan fingerprint density at radius 2 is 1.85 bits per heavy atom. The van der Waals surface area contributed by atoms with Gasteiger partial charge in [-0.2, -0.15) is 0 Å². The summed E-state index contributed by atoms with van der Waals surface area (Å²) in [6.07, 6.45) is 0.311. The fraction of sp³-hybridized carbons (Fsp3) is 0.562. The van der Waals surface area contributed by atoms with Crippen molar-refractivity contribution in [2.75, 3.05) is 6.54 Å². The van der Waals surface area contributed by atoms with E-state index in [-0.39, 0.29) is 23.3 Å². The van der Waals surface area contributed by atoms with Gasteiger partial charge in [0.15, 0.2) is 0 Å². The second-order valence-corrected chi connectivity index (χ2v) is 7.12. The Hall–Kier alpha value is -0.870. The molecule has 0 heterocycles. The highest BCUT2D eigenvalue weighted by atomic mass is 79.9. The molecule has 0 aliphatic heterocycles. The topological polar surface area (TPSA) is 49.3 Å². The summed E-state index contributed by atoms with van der Waals surface area (Å²) in [6, 6.07) is 7.79. The van der Waals surface area contributed by atoms with Crippen LogP contribution in [0.4, 0.5) is 0 Å². The number of halogens is 1. The highest BCUT2D eigenvalue weighted by molar-refractivity contribution is 9.10. The minimum atomic E-state index is -0.356. The van der Waals surface area contributed by atoms with E-state index in [0.717, 1.165) is 10.0 Å². The van der Waals surface area contributed by atoms with Crippen molar-refractivity contribution in [1.29, 1.82) is 0 Å². The molecule has 0 spiro atoms. The molecule has 2 N–H and O–H groups in total. The van der Waals surface area contributed by atoms with Crippen LogP contribution in [-0.2, 0) is 4.79 Å². The maximum absolute atomic E-state index is 12.2. The van der Waals surface area contributed by atoms with Crippen molar-refractivity contribution in [2.24, 2.45) is 5.41 Å². The Morgan fingerprint density at radius 3 is 2.35 bits per heavy atom. The van der Waals surface area contributed by atoms with E-state index in [0.29, 0.717) is 13.0 Å². The summed E-state index contributed by atoms with van der Waals surface area (Å²) in [4.78, 5) is 12.2. The van der Waals surface area contributed by atoms with Gasteiger partial charge in [-0.05, 0) is 43.4 Å². The van der Waals surface area contributed by atoms with Gasteiger partial charge in [-0.1, -0.05) is 41.9 Å². The van der Waals surface area contributed by atoms with Crippen LogP contribution in [-0.4, -0.2) is 23.7 Å². The van der Waals surface area contributed by atoms with Crippen molar-refractivity contribution in [3.8, 4) is 0 Å². The Bertz CT molecular complexity index is 440. The molecular formula is C16H24BrNO2. The van der Waals surface area contributed by atoms with E-state index < -0.39 is 0 Å². The van der Waals surface area contributed by atoms with Gasteiger partial charge in [-0.3, -0.25) is 4.79 Å². The van der Waals surface area contributed by atoms with Crippen molar-refractivity contribution in [3.63, 3.8) is 0 Å². The SMILES string of the molecule is CC(O)CC(C)(C)CNC(=O)C(C)c1ccc(Br)cc1. The zero-order valence-corrected chi connectivity index (χ0v) is 14.2. The Balaban J connectivity index is 2.56. The Labute approximate surface area is 129 Å². The molecule has 0 fully saturated rings. The van der Waals surface area contributed by atoms with Crippen molar-refractivity contribution in [1.82, 2.24) is 5.32 Å². The van der Waals surface area contributed by atoms with Crippen molar-refractivity contribution in [3.05, 3.63) is 34.3 Å². The lowest BCUT2D eigenvalue weighted by atomic mass is 9.86. The van der Waals surface area contributed by atoms with Crippen LogP contribution >= 0.6 is 15.9 Å². The molecule has 4 heteroatoms. The lowest BCUT2D eigenvalue weighted by Crippen LogP contribution is -2.37. The van der Waals surface area contributed by atoms with E-state index in [1.807, 2.05) is 45.0 Å². The van der Waals surface area contributed by atoms with Gasteiger partial charge in [-0.15, -0.1) is 0 Å². The molecule has 1 aromatic carbocycles. The molecule has 20 heavy (non-hydrogen) atoms. The number of hydrogen-bond acceptors (Lipinski definition) is 2. The van der Waals surface area contributed by atoms with Crippen molar-refractivity contribution >= 4 is 21.8 Å². The van der Waals surface area contributed by atoms with E-state index in [1.54, 1.807) is 6.92 Å². The fourth-order valence-electron chi connectivity index (χ4n) is 2.25. The Kier molecular flexibility index (Phi) is 6.21. The summed E-state index contributed by atoms with van der Waals surface area (Å²) in [5.74, 6) is -0.156. The summed E-state index contributed by atoms with van der Waals surface area (Å²) >= 11 is 3.39. The summed E-state index contributed by atoms with van der Waals surface area (Å²) in [5, 5.41) is 12.4. The number of aliphatic hydroxyl groups excluding tert-OH is 1. The first-order valence-corrected chi connectivity index (χ1v) is 7.72. The normalized spacial score (nSPS) is 14.7. The maximum Gasteiger partial charge on any atom is 0.227 e. The van der Waals surface area contributed by atoms with E-state index in [9.17, 15) is 9.90 Å². The Morgan fingerprint density at radius 1 is 1.30 bits per heavy atom. The third-order valence-electron chi connectivity index (χ3n) is 3.35. The number of nitrogens with one attached hydrogen (secondary N) is 1. The number of carbonyl (C=O) groups is 1. The van der Waals surface area contributed by atoms with Crippen LogP contribution in [0.5, 0.6) is 0 Å². The molecule has 1 aromatic rings. The van der Waals surface area contributed by atoms with Gasteiger partial charge in [0.05, 0.1) is 12.0 Å². The highest BCUT2D eigenvalue weighted by Gasteiger charge is 2.23. The molecular weight excluding hydrogens is 318 g/mol. The lowest BCUT2D eigenvalue weighted by Gasteiger charge is -2.27. The largest absolute Gasteiger partial charge is 0.393 e. The van der Waals surface area contributed by atoms with Crippen LogP contribution in [0.1, 0.15) is 45.6 Å². The van der Waals surface area contributed by atoms with Gasteiger partial charge in [0, 0.05) is 11.0 Å². The summed E-state index contributed by atoms with van der Waals surface area (Å²) < 4.78 is 1.01. The molecule has 1 rings (SSSR count). The number of aliphatic hydroxyl groups is 1. The minimum absolute atomic E-state index is 0.0194. The minimum Gasteiger partial charge on any atom is -0.393 e. The molecule has 1 amide bonds. The van der Waals surface area contributed by atoms with Crippen LogP contribution in [0.2, 0.25) is 0 Å². The van der Waals surface area contributed by atoms with Gasteiger partial charge in [0.2, 0.25) is 5.91 Å². The molecule has 0 aromatic heterocycles. The third-order valence-corrected chi connectivity index (χ3v) is 3.88. The molecule has 112 valence electrons. The highest BCUT2D eigenvalue weighted by Crippen LogP contribution is 2.22. The van der Waals surface area contributed by atoms with Crippen LogP contribution in [0.3, 0.4) is 0 Å². The lowest BCUT2D eigenvalue weighted by molar-refractivity contribution is -0.122. The average molecular weight is 342 g/mol. The van der Waals surface area contributed by atoms with E-state index in [1.165, 1.54) is 0 Å². The summed E-state index contributed by atoms with van der Waals surface area (Å²) in [5.41, 5.74) is 0.891. The smallest absolute Gasteiger partial charge is 0.227 e. The third kappa shape index (κ3) is 5.63. The zero-order valence-electron chi connectivity index (χ0n) is 12.6. The van der Waals surface area contributed by atoms with Gasteiger partial charge in [0.25, 0.3) is 0 Å². The first-order valence-electron chi connectivity index (χ1n) is 6.92. The van der Waals surface area contributed by atoms with E-state index in [4.69, 9.17) is 0 Å². The predicted octanol–water partition coefficient (Wildman–Crippen LogP) is 3.47. The molecule has 3 nitrogen and oxygen atoms in total.